The van der Waals surface area contributed by atoms with Gasteiger partial charge in [-0.2, -0.15) is 13.2 Å². The van der Waals surface area contributed by atoms with Gasteiger partial charge in [-0.05, 0) is 46.4 Å². The number of halogens is 3. The molecule has 0 amide bonds. The highest BCUT2D eigenvalue weighted by Crippen LogP contribution is 2.45. The third kappa shape index (κ3) is 4.42. The van der Waals surface area contributed by atoms with Crippen LogP contribution in [0.15, 0.2) is 77.8 Å². The summed E-state index contributed by atoms with van der Waals surface area (Å²) in [4.78, 5) is 27.6. The van der Waals surface area contributed by atoms with E-state index in [1.165, 1.54) is 35.9 Å². The summed E-state index contributed by atoms with van der Waals surface area (Å²) < 4.78 is 45.2. The minimum absolute atomic E-state index is 0.103. The first-order chi connectivity index (χ1) is 16.3. The van der Waals surface area contributed by atoms with Crippen LogP contribution in [0, 0.1) is 0 Å². The minimum Gasteiger partial charge on any atom is -0.467 e. The van der Waals surface area contributed by atoms with Crippen molar-refractivity contribution in [1.82, 2.24) is 0 Å². The number of ether oxygens (including phenoxy) is 1. The van der Waals surface area contributed by atoms with E-state index in [9.17, 15) is 22.8 Å². The minimum atomic E-state index is -4.57. The van der Waals surface area contributed by atoms with E-state index in [4.69, 9.17) is 4.74 Å². The van der Waals surface area contributed by atoms with Crippen LogP contribution in [0.1, 0.15) is 29.7 Å². The SMILES string of the molecule is CCC(C(=O)OC)N(C1=CSC(c2cccc3ccccc23)C1=O)c1cccc(C(F)(F)F)c1. The molecule has 2 atom stereocenters. The predicted octanol–water partition coefficient (Wildman–Crippen LogP) is 6.52. The molecule has 3 aromatic carbocycles. The number of fused-ring (bicyclic) bond motifs is 1. The van der Waals surface area contributed by atoms with E-state index in [1.807, 2.05) is 42.5 Å². The van der Waals surface area contributed by atoms with Gasteiger partial charge in [-0.3, -0.25) is 4.79 Å². The summed E-state index contributed by atoms with van der Waals surface area (Å²) in [5, 5.41) is 2.96. The van der Waals surface area contributed by atoms with Crippen LogP contribution in [-0.4, -0.2) is 24.9 Å². The Morgan fingerprint density at radius 2 is 1.79 bits per heavy atom. The second kappa shape index (κ2) is 9.54. The first-order valence-electron chi connectivity index (χ1n) is 10.7. The molecule has 8 heteroatoms. The van der Waals surface area contributed by atoms with Crippen LogP contribution in [0.2, 0.25) is 0 Å². The lowest BCUT2D eigenvalue weighted by Crippen LogP contribution is -2.43. The van der Waals surface area contributed by atoms with Gasteiger partial charge in [0.15, 0.2) is 5.78 Å². The van der Waals surface area contributed by atoms with Crippen LogP contribution in [-0.2, 0) is 20.5 Å². The Bertz CT molecular complexity index is 1270. The van der Waals surface area contributed by atoms with Crippen molar-refractivity contribution in [3.05, 3.63) is 89.0 Å². The monoisotopic (exact) mass is 485 g/mol. The molecule has 1 heterocycles. The molecule has 0 saturated heterocycles. The molecule has 0 saturated carbocycles. The first-order valence-corrected chi connectivity index (χ1v) is 11.6. The molecular formula is C26H22F3NO3S. The molecule has 4 nitrogen and oxygen atoms in total. The third-order valence-corrected chi connectivity index (χ3v) is 6.89. The number of rotatable bonds is 6. The molecule has 176 valence electrons. The van der Waals surface area contributed by atoms with E-state index in [0.717, 1.165) is 28.5 Å². The van der Waals surface area contributed by atoms with Crippen molar-refractivity contribution >= 4 is 40.0 Å². The molecule has 1 aliphatic heterocycles. The summed E-state index contributed by atoms with van der Waals surface area (Å²) in [6, 6.07) is 17.1. The second-order valence-electron chi connectivity index (χ2n) is 7.82. The normalized spacial score (nSPS) is 16.9. The Hall–Kier alpha value is -3.26. The number of ketones is 1. The number of methoxy groups -OCH3 is 1. The standard InChI is InChI=1S/C26H22F3NO3S/c1-3-21(25(32)33-2)30(18-11-7-10-17(14-18)26(27,28)29)22-15-34-24(23(22)31)20-13-6-9-16-8-4-5-12-19(16)20/h4-15,21,24H,3H2,1-2H3. The average Bonchev–Trinajstić information content (AvgIpc) is 3.21. The number of hydrogen-bond acceptors (Lipinski definition) is 5. The van der Waals surface area contributed by atoms with Gasteiger partial charge in [0.25, 0.3) is 0 Å². The summed E-state index contributed by atoms with van der Waals surface area (Å²) in [5.41, 5.74) is 0.221. The lowest BCUT2D eigenvalue weighted by Gasteiger charge is -2.32. The molecule has 0 bridgehead atoms. The Balaban J connectivity index is 1.78. The third-order valence-electron chi connectivity index (χ3n) is 5.79. The van der Waals surface area contributed by atoms with Gasteiger partial charge >= 0.3 is 12.1 Å². The van der Waals surface area contributed by atoms with Gasteiger partial charge in [-0.1, -0.05) is 55.5 Å². The predicted molar refractivity (Wildman–Crippen MR) is 127 cm³/mol. The van der Waals surface area contributed by atoms with Gasteiger partial charge in [0, 0.05) is 5.69 Å². The number of anilines is 1. The first kappa shape index (κ1) is 23.9. The highest BCUT2D eigenvalue weighted by Gasteiger charge is 2.39. The van der Waals surface area contributed by atoms with Crippen molar-refractivity contribution in [3.8, 4) is 0 Å². The molecule has 0 spiro atoms. The molecule has 1 aliphatic rings. The van der Waals surface area contributed by atoms with Gasteiger partial charge in [0.1, 0.15) is 6.04 Å². The number of nitrogens with zero attached hydrogens (tertiary/aromatic N) is 1. The topological polar surface area (TPSA) is 46.6 Å². The van der Waals surface area contributed by atoms with Crippen molar-refractivity contribution < 1.29 is 27.5 Å². The van der Waals surface area contributed by atoms with Gasteiger partial charge < -0.3 is 9.64 Å². The van der Waals surface area contributed by atoms with Crippen LogP contribution in [0.25, 0.3) is 10.8 Å². The fourth-order valence-electron chi connectivity index (χ4n) is 4.17. The zero-order valence-electron chi connectivity index (χ0n) is 18.5. The van der Waals surface area contributed by atoms with Crippen molar-refractivity contribution in [1.29, 1.82) is 0 Å². The highest BCUT2D eigenvalue weighted by molar-refractivity contribution is 8.03. The molecular weight excluding hydrogens is 463 g/mol. The van der Waals surface area contributed by atoms with E-state index in [1.54, 1.807) is 12.3 Å². The number of thioether (sulfide) groups is 1. The lowest BCUT2D eigenvalue weighted by molar-refractivity contribution is -0.142. The van der Waals surface area contributed by atoms with Crippen molar-refractivity contribution in [2.75, 3.05) is 12.0 Å². The number of carbonyl (C=O) groups is 2. The van der Waals surface area contributed by atoms with Crippen molar-refractivity contribution in [2.24, 2.45) is 0 Å². The molecule has 0 N–H and O–H groups in total. The number of esters is 1. The fourth-order valence-corrected chi connectivity index (χ4v) is 5.26. The molecule has 0 aliphatic carbocycles. The molecule has 4 rings (SSSR count). The Morgan fingerprint density at radius 3 is 2.50 bits per heavy atom. The quantitative estimate of drug-likeness (QED) is 0.372. The summed E-state index contributed by atoms with van der Waals surface area (Å²) in [5.74, 6) is -0.909. The van der Waals surface area contributed by atoms with Crippen LogP contribution in [0.4, 0.5) is 18.9 Å². The second-order valence-corrected chi connectivity index (χ2v) is 8.80. The average molecular weight is 486 g/mol. The van der Waals surface area contributed by atoms with Crippen LogP contribution < -0.4 is 4.90 Å². The van der Waals surface area contributed by atoms with E-state index in [2.05, 4.69) is 0 Å². The number of carbonyl (C=O) groups excluding carboxylic acids is 2. The Kier molecular flexibility index (Phi) is 6.70. The number of hydrogen-bond donors (Lipinski definition) is 0. The summed E-state index contributed by atoms with van der Waals surface area (Å²) in [7, 11) is 1.22. The van der Waals surface area contributed by atoms with Crippen LogP contribution in [0.3, 0.4) is 0 Å². The largest absolute Gasteiger partial charge is 0.467 e. The zero-order chi connectivity index (χ0) is 24.5. The van der Waals surface area contributed by atoms with E-state index in [0.29, 0.717) is 0 Å². The summed E-state index contributed by atoms with van der Waals surface area (Å²) in [6.07, 6.45) is -4.33. The smallest absolute Gasteiger partial charge is 0.416 e. The molecule has 3 aromatic rings. The number of allylic oxidation sites excluding steroid dienone is 1. The van der Waals surface area contributed by atoms with Gasteiger partial charge in [0.05, 0.1) is 23.6 Å². The zero-order valence-corrected chi connectivity index (χ0v) is 19.3. The number of benzene rings is 3. The van der Waals surface area contributed by atoms with E-state index >= 15 is 0 Å². The molecule has 34 heavy (non-hydrogen) atoms. The van der Waals surface area contributed by atoms with Crippen LogP contribution >= 0.6 is 11.8 Å². The van der Waals surface area contributed by atoms with Crippen molar-refractivity contribution in [2.45, 2.75) is 30.8 Å². The maximum atomic E-state index is 13.7. The molecule has 0 aromatic heterocycles. The Labute approximate surface area is 199 Å². The van der Waals surface area contributed by atoms with Gasteiger partial charge in [0.2, 0.25) is 0 Å². The number of alkyl halides is 3. The Morgan fingerprint density at radius 1 is 1.09 bits per heavy atom. The van der Waals surface area contributed by atoms with E-state index in [-0.39, 0.29) is 23.6 Å². The van der Waals surface area contributed by atoms with Gasteiger partial charge in [-0.15, -0.1) is 11.8 Å². The van der Waals surface area contributed by atoms with Crippen LogP contribution in [0.5, 0.6) is 0 Å². The summed E-state index contributed by atoms with van der Waals surface area (Å²) in [6.45, 7) is 1.72. The fraction of sp³-hybridized carbons (Fsp3) is 0.231. The van der Waals surface area contributed by atoms with Gasteiger partial charge in [-0.25, -0.2) is 4.79 Å². The number of Topliss-reactive ketones (excluding diaryl/α,β-unsaturated/α-hetero) is 1. The maximum absolute atomic E-state index is 13.7. The highest BCUT2D eigenvalue weighted by atomic mass is 32.2. The summed E-state index contributed by atoms with van der Waals surface area (Å²) >= 11 is 1.28. The van der Waals surface area contributed by atoms with E-state index < -0.39 is 29.0 Å². The lowest BCUT2D eigenvalue weighted by atomic mass is 9.98. The molecule has 0 radical (unpaired) electrons. The van der Waals surface area contributed by atoms with Crippen molar-refractivity contribution in [3.63, 3.8) is 0 Å². The molecule has 0 fully saturated rings. The molecule has 2 unspecified atom stereocenters. The maximum Gasteiger partial charge on any atom is 0.416 e.